The Morgan fingerprint density at radius 3 is 2.88 bits per heavy atom. The topological polar surface area (TPSA) is 52.2 Å². The molecule has 5 heteroatoms. The summed E-state index contributed by atoms with van der Waals surface area (Å²) in [6.45, 7) is 1.67. The number of carbonyl (C=O) groups excluding carboxylic acids is 1. The SMILES string of the molecule is CN(CC1Cc2ccccc2CN1C)C(=O)c1n[nH]c2c1CCCC2. The molecule has 4 rings (SSSR count). The van der Waals surface area contributed by atoms with Gasteiger partial charge >= 0.3 is 0 Å². The molecule has 0 saturated heterocycles. The standard InChI is InChI=1S/C20H26N4O/c1-23-12-15-8-4-3-7-14(15)11-16(23)13-24(2)20(25)19-17-9-5-6-10-18(17)21-22-19/h3-4,7-8,16H,5-6,9-13H2,1-2H3,(H,21,22). The Hall–Kier alpha value is -2.14. The Kier molecular flexibility index (Phi) is 4.34. The van der Waals surface area contributed by atoms with E-state index in [0.29, 0.717) is 11.7 Å². The largest absolute Gasteiger partial charge is 0.339 e. The van der Waals surface area contributed by atoms with Crippen LogP contribution in [-0.2, 0) is 25.8 Å². The summed E-state index contributed by atoms with van der Waals surface area (Å²) in [5, 5.41) is 7.42. The van der Waals surface area contributed by atoms with Gasteiger partial charge in [-0.1, -0.05) is 24.3 Å². The molecule has 2 heterocycles. The number of aromatic amines is 1. The molecule has 0 bridgehead atoms. The lowest BCUT2D eigenvalue weighted by atomic mass is 9.93. The first-order valence-corrected chi connectivity index (χ1v) is 9.22. The van der Waals surface area contributed by atoms with E-state index >= 15 is 0 Å². The number of carbonyl (C=O) groups is 1. The maximum atomic E-state index is 12.9. The smallest absolute Gasteiger partial charge is 0.274 e. The monoisotopic (exact) mass is 338 g/mol. The van der Waals surface area contributed by atoms with Gasteiger partial charge in [0.25, 0.3) is 5.91 Å². The van der Waals surface area contributed by atoms with Crippen molar-refractivity contribution >= 4 is 5.91 Å². The summed E-state index contributed by atoms with van der Waals surface area (Å²) in [5.74, 6) is 0.0478. The molecular weight excluding hydrogens is 312 g/mol. The van der Waals surface area contributed by atoms with Crippen LogP contribution >= 0.6 is 0 Å². The number of hydrogen-bond acceptors (Lipinski definition) is 3. The highest BCUT2D eigenvalue weighted by Gasteiger charge is 2.28. The summed E-state index contributed by atoms with van der Waals surface area (Å²) in [7, 11) is 4.05. The van der Waals surface area contributed by atoms with Crippen LogP contribution < -0.4 is 0 Å². The lowest BCUT2D eigenvalue weighted by Gasteiger charge is -2.36. The quantitative estimate of drug-likeness (QED) is 0.935. The molecule has 1 unspecified atom stereocenters. The van der Waals surface area contributed by atoms with Crippen LogP contribution in [0, 0.1) is 0 Å². The van der Waals surface area contributed by atoms with Crippen molar-refractivity contribution in [3.8, 4) is 0 Å². The third kappa shape index (κ3) is 3.09. The minimum absolute atomic E-state index is 0.0478. The predicted molar refractivity (Wildman–Crippen MR) is 97.6 cm³/mol. The van der Waals surface area contributed by atoms with Gasteiger partial charge in [-0.2, -0.15) is 5.10 Å². The molecule has 1 aliphatic carbocycles. The van der Waals surface area contributed by atoms with Crippen molar-refractivity contribution < 1.29 is 4.79 Å². The van der Waals surface area contributed by atoms with Gasteiger partial charge in [0.15, 0.2) is 5.69 Å². The number of aryl methyl sites for hydroxylation is 1. The maximum Gasteiger partial charge on any atom is 0.274 e. The lowest BCUT2D eigenvalue weighted by Crippen LogP contribution is -2.46. The zero-order valence-electron chi connectivity index (χ0n) is 15.1. The molecule has 1 aliphatic heterocycles. The van der Waals surface area contributed by atoms with Gasteiger partial charge in [0.05, 0.1) is 0 Å². The molecule has 1 aromatic carbocycles. The Balaban J connectivity index is 1.48. The van der Waals surface area contributed by atoms with Crippen molar-refractivity contribution in [3.63, 3.8) is 0 Å². The van der Waals surface area contributed by atoms with E-state index in [1.165, 1.54) is 17.5 Å². The van der Waals surface area contributed by atoms with Crippen LogP contribution in [0.3, 0.4) is 0 Å². The van der Waals surface area contributed by atoms with E-state index < -0.39 is 0 Å². The second kappa shape index (κ2) is 6.64. The molecule has 1 N–H and O–H groups in total. The zero-order valence-corrected chi connectivity index (χ0v) is 15.1. The second-order valence-electron chi connectivity index (χ2n) is 7.46. The van der Waals surface area contributed by atoms with E-state index in [0.717, 1.165) is 50.0 Å². The number of amides is 1. The summed E-state index contributed by atoms with van der Waals surface area (Å²) in [4.78, 5) is 17.1. The third-order valence-electron chi connectivity index (χ3n) is 5.71. The molecule has 2 aliphatic rings. The van der Waals surface area contributed by atoms with Crippen LogP contribution in [0.4, 0.5) is 0 Å². The van der Waals surface area contributed by atoms with E-state index in [1.807, 2.05) is 11.9 Å². The fourth-order valence-electron chi connectivity index (χ4n) is 4.16. The number of benzene rings is 1. The highest BCUT2D eigenvalue weighted by molar-refractivity contribution is 5.94. The molecule has 0 radical (unpaired) electrons. The van der Waals surface area contributed by atoms with E-state index in [2.05, 4.69) is 46.4 Å². The normalized spacial score (nSPS) is 20.0. The zero-order chi connectivity index (χ0) is 17.4. The summed E-state index contributed by atoms with van der Waals surface area (Å²) in [6.07, 6.45) is 5.31. The predicted octanol–water partition coefficient (Wildman–Crippen LogP) is 2.42. The van der Waals surface area contributed by atoms with E-state index in [9.17, 15) is 4.79 Å². The summed E-state index contributed by atoms with van der Waals surface area (Å²) >= 11 is 0. The summed E-state index contributed by atoms with van der Waals surface area (Å²) in [5.41, 5.74) is 5.74. The van der Waals surface area contributed by atoms with Crippen molar-refractivity contribution in [2.24, 2.45) is 0 Å². The van der Waals surface area contributed by atoms with Crippen LogP contribution in [0.25, 0.3) is 0 Å². The van der Waals surface area contributed by atoms with Crippen molar-refractivity contribution in [3.05, 3.63) is 52.3 Å². The van der Waals surface area contributed by atoms with Crippen LogP contribution in [0.5, 0.6) is 0 Å². The Bertz CT molecular complexity index is 782. The fraction of sp³-hybridized carbons (Fsp3) is 0.500. The summed E-state index contributed by atoms with van der Waals surface area (Å²) < 4.78 is 0. The molecule has 0 spiro atoms. The molecule has 1 aromatic heterocycles. The first kappa shape index (κ1) is 16.3. The Labute approximate surface area is 149 Å². The summed E-state index contributed by atoms with van der Waals surface area (Å²) in [6, 6.07) is 8.96. The molecule has 5 nitrogen and oxygen atoms in total. The minimum Gasteiger partial charge on any atom is -0.339 e. The van der Waals surface area contributed by atoms with Gasteiger partial charge in [-0.3, -0.25) is 14.8 Å². The van der Waals surface area contributed by atoms with E-state index in [1.54, 1.807) is 0 Å². The molecule has 0 fully saturated rings. The molecule has 1 atom stereocenters. The fourth-order valence-corrected chi connectivity index (χ4v) is 4.16. The molecule has 132 valence electrons. The molecule has 25 heavy (non-hydrogen) atoms. The number of aromatic nitrogens is 2. The number of H-pyrrole nitrogens is 1. The first-order chi connectivity index (χ1) is 12.1. The number of fused-ring (bicyclic) bond motifs is 2. The number of hydrogen-bond donors (Lipinski definition) is 1. The number of rotatable bonds is 3. The Morgan fingerprint density at radius 2 is 2.04 bits per heavy atom. The van der Waals surface area contributed by atoms with Gasteiger partial charge in [-0.15, -0.1) is 0 Å². The molecule has 1 amide bonds. The van der Waals surface area contributed by atoms with E-state index in [-0.39, 0.29) is 5.91 Å². The minimum atomic E-state index is 0.0478. The van der Waals surface area contributed by atoms with Crippen molar-refractivity contribution in [1.82, 2.24) is 20.0 Å². The van der Waals surface area contributed by atoms with Crippen molar-refractivity contribution in [2.75, 3.05) is 20.6 Å². The van der Waals surface area contributed by atoms with Crippen LogP contribution in [0.2, 0.25) is 0 Å². The van der Waals surface area contributed by atoms with Gasteiger partial charge < -0.3 is 4.90 Å². The third-order valence-corrected chi connectivity index (χ3v) is 5.71. The van der Waals surface area contributed by atoms with Crippen LogP contribution in [0.15, 0.2) is 24.3 Å². The van der Waals surface area contributed by atoms with Gasteiger partial charge in [-0.05, 0) is 50.3 Å². The molecular formula is C20H26N4O. The first-order valence-electron chi connectivity index (χ1n) is 9.22. The van der Waals surface area contributed by atoms with Gasteiger partial charge in [0, 0.05) is 37.4 Å². The average molecular weight is 338 g/mol. The second-order valence-corrected chi connectivity index (χ2v) is 7.46. The molecule has 0 saturated carbocycles. The van der Waals surface area contributed by atoms with Crippen molar-refractivity contribution in [1.29, 1.82) is 0 Å². The van der Waals surface area contributed by atoms with Gasteiger partial charge in [-0.25, -0.2) is 0 Å². The highest BCUT2D eigenvalue weighted by Crippen LogP contribution is 2.25. The maximum absolute atomic E-state index is 12.9. The van der Waals surface area contributed by atoms with Gasteiger partial charge in [0.1, 0.15) is 0 Å². The van der Waals surface area contributed by atoms with E-state index in [4.69, 9.17) is 0 Å². The van der Waals surface area contributed by atoms with Gasteiger partial charge in [0.2, 0.25) is 0 Å². The average Bonchev–Trinajstić information content (AvgIpc) is 3.05. The Morgan fingerprint density at radius 1 is 1.28 bits per heavy atom. The lowest BCUT2D eigenvalue weighted by molar-refractivity contribution is 0.0726. The number of nitrogens with one attached hydrogen (secondary N) is 1. The number of nitrogens with zero attached hydrogens (tertiary/aromatic N) is 3. The van der Waals surface area contributed by atoms with Crippen LogP contribution in [0.1, 0.15) is 45.7 Å². The van der Waals surface area contributed by atoms with Crippen LogP contribution in [-0.4, -0.2) is 52.6 Å². The molecule has 2 aromatic rings. The number of likely N-dealkylation sites (N-methyl/N-ethyl adjacent to an activating group) is 2. The highest BCUT2D eigenvalue weighted by atomic mass is 16.2. The van der Waals surface area contributed by atoms with Crippen molar-refractivity contribution in [2.45, 2.75) is 44.7 Å².